The van der Waals surface area contributed by atoms with Crippen LogP contribution < -0.4 is 0 Å². The van der Waals surface area contributed by atoms with Crippen LogP contribution in [0, 0.1) is 11.3 Å². The summed E-state index contributed by atoms with van der Waals surface area (Å²) in [5.41, 5.74) is 0.686. The number of hydrogen-bond acceptors (Lipinski definition) is 2. The highest BCUT2D eigenvalue weighted by molar-refractivity contribution is 5.90. The number of ketones is 2. The number of hydrogen-bond donors (Lipinski definition) is 0. The summed E-state index contributed by atoms with van der Waals surface area (Å²) in [6, 6.07) is 0. The first-order valence-corrected chi connectivity index (χ1v) is 5.53. The lowest BCUT2D eigenvalue weighted by Gasteiger charge is -2.35. The van der Waals surface area contributed by atoms with Gasteiger partial charge in [0.1, 0.15) is 11.6 Å². The molecule has 1 aliphatic rings. The van der Waals surface area contributed by atoms with Crippen LogP contribution in [-0.2, 0) is 9.59 Å². The van der Waals surface area contributed by atoms with Crippen LogP contribution in [0.2, 0.25) is 0 Å². The van der Waals surface area contributed by atoms with Crippen LogP contribution in [0.3, 0.4) is 0 Å². The monoisotopic (exact) mass is 208 g/mol. The van der Waals surface area contributed by atoms with E-state index in [0.29, 0.717) is 18.8 Å². The van der Waals surface area contributed by atoms with E-state index in [1.54, 1.807) is 6.92 Å². The van der Waals surface area contributed by atoms with Crippen LogP contribution in [0.1, 0.15) is 46.5 Å². The molecule has 0 radical (unpaired) electrons. The lowest BCUT2D eigenvalue weighted by atomic mass is 9.67. The van der Waals surface area contributed by atoms with E-state index < -0.39 is 5.41 Å². The van der Waals surface area contributed by atoms with E-state index in [1.807, 2.05) is 13.8 Å². The SMILES string of the molecule is C=C(C)[C@@H]1CC[C@](C)(CC(C)=O)C(=O)C1. The van der Waals surface area contributed by atoms with Crippen molar-refractivity contribution < 1.29 is 9.59 Å². The third-order valence-electron chi connectivity index (χ3n) is 3.49. The molecule has 84 valence electrons. The summed E-state index contributed by atoms with van der Waals surface area (Å²) in [6.45, 7) is 9.36. The molecule has 0 aliphatic heterocycles. The van der Waals surface area contributed by atoms with Gasteiger partial charge in [0.05, 0.1) is 0 Å². The van der Waals surface area contributed by atoms with Gasteiger partial charge in [0, 0.05) is 18.3 Å². The molecule has 0 amide bonds. The van der Waals surface area contributed by atoms with Crippen LogP contribution in [0.5, 0.6) is 0 Å². The highest BCUT2D eigenvalue weighted by atomic mass is 16.1. The molecule has 2 nitrogen and oxygen atoms in total. The third kappa shape index (κ3) is 2.77. The molecule has 0 aromatic rings. The maximum atomic E-state index is 12.0. The molecule has 1 saturated carbocycles. The Kier molecular flexibility index (Phi) is 3.48. The Bertz CT molecular complexity index is 304. The fraction of sp³-hybridized carbons (Fsp3) is 0.692. The van der Waals surface area contributed by atoms with Gasteiger partial charge in [0.25, 0.3) is 0 Å². The van der Waals surface area contributed by atoms with E-state index in [1.165, 1.54) is 0 Å². The zero-order chi connectivity index (χ0) is 11.6. The lowest BCUT2D eigenvalue weighted by Crippen LogP contribution is -2.36. The van der Waals surface area contributed by atoms with Gasteiger partial charge >= 0.3 is 0 Å². The first kappa shape index (κ1) is 12.2. The van der Waals surface area contributed by atoms with Crippen molar-refractivity contribution in [3.63, 3.8) is 0 Å². The molecule has 0 saturated heterocycles. The predicted molar refractivity (Wildman–Crippen MR) is 60.6 cm³/mol. The van der Waals surface area contributed by atoms with Gasteiger partial charge in [-0.15, -0.1) is 0 Å². The Morgan fingerprint density at radius 1 is 1.53 bits per heavy atom. The topological polar surface area (TPSA) is 34.1 Å². The predicted octanol–water partition coefficient (Wildman–Crippen LogP) is 2.92. The highest BCUT2D eigenvalue weighted by Crippen LogP contribution is 2.40. The van der Waals surface area contributed by atoms with Gasteiger partial charge in [-0.3, -0.25) is 9.59 Å². The zero-order valence-corrected chi connectivity index (χ0v) is 9.93. The standard InChI is InChI=1S/C13H20O2/c1-9(2)11-5-6-13(4,8-10(3)14)12(15)7-11/h11H,1,5-8H2,2-4H3/t11-,13-/m1/s1. The second-order valence-electron chi connectivity index (χ2n) is 5.15. The molecular weight excluding hydrogens is 188 g/mol. The number of carbonyl (C=O) groups is 2. The fourth-order valence-electron chi connectivity index (χ4n) is 2.36. The Morgan fingerprint density at radius 2 is 2.13 bits per heavy atom. The van der Waals surface area contributed by atoms with E-state index in [4.69, 9.17) is 0 Å². The van der Waals surface area contributed by atoms with Gasteiger partial charge < -0.3 is 0 Å². The van der Waals surface area contributed by atoms with E-state index >= 15 is 0 Å². The molecule has 1 rings (SSSR count). The highest BCUT2D eigenvalue weighted by Gasteiger charge is 2.39. The molecule has 15 heavy (non-hydrogen) atoms. The first-order valence-electron chi connectivity index (χ1n) is 5.53. The lowest BCUT2D eigenvalue weighted by molar-refractivity contribution is -0.135. The molecular formula is C13H20O2. The Balaban J connectivity index is 2.70. The second-order valence-corrected chi connectivity index (χ2v) is 5.15. The van der Waals surface area contributed by atoms with Crippen molar-refractivity contribution >= 4 is 11.6 Å². The van der Waals surface area contributed by atoms with Crippen LogP contribution >= 0.6 is 0 Å². The minimum atomic E-state index is -0.405. The average Bonchev–Trinajstić information content (AvgIpc) is 2.08. The quantitative estimate of drug-likeness (QED) is 0.668. The number of rotatable bonds is 3. The van der Waals surface area contributed by atoms with Crippen LogP contribution in [0.15, 0.2) is 12.2 Å². The van der Waals surface area contributed by atoms with Crippen LogP contribution in [-0.4, -0.2) is 11.6 Å². The average molecular weight is 208 g/mol. The molecule has 1 aliphatic carbocycles. The Labute approximate surface area is 91.7 Å². The second kappa shape index (κ2) is 4.30. The summed E-state index contributed by atoms with van der Waals surface area (Å²) in [6.07, 6.45) is 2.78. The Hall–Kier alpha value is -0.920. The smallest absolute Gasteiger partial charge is 0.139 e. The van der Waals surface area contributed by atoms with Crippen molar-refractivity contribution in [3.05, 3.63) is 12.2 Å². The summed E-state index contributed by atoms with van der Waals surface area (Å²) in [7, 11) is 0. The van der Waals surface area contributed by atoms with Crippen molar-refractivity contribution in [3.8, 4) is 0 Å². The molecule has 0 aromatic carbocycles. The summed E-state index contributed by atoms with van der Waals surface area (Å²) < 4.78 is 0. The van der Waals surface area contributed by atoms with Crippen molar-refractivity contribution in [1.29, 1.82) is 0 Å². The summed E-state index contributed by atoms with van der Waals surface area (Å²) >= 11 is 0. The van der Waals surface area contributed by atoms with Crippen LogP contribution in [0.4, 0.5) is 0 Å². The van der Waals surface area contributed by atoms with Gasteiger partial charge in [-0.2, -0.15) is 0 Å². The van der Waals surface area contributed by atoms with E-state index in [-0.39, 0.29) is 11.6 Å². The van der Waals surface area contributed by atoms with Crippen molar-refractivity contribution in [2.75, 3.05) is 0 Å². The van der Waals surface area contributed by atoms with E-state index in [2.05, 4.69) is 6.58 Å². The molecule has 0 N–H and O–H groups in total. The van der Waals surface area contributed by atoms with Gasteiger partial charge in [0.2, 0.25) is 0 Å². The maximum absolute atomic E-state index is 12.0. The largest absolute Gasteiger partial charge is 0.300 e. The van der Waals surface area contributed by atoms with Gasteiger partial charge in [0.15, 0.2) is 0 Å². The van der Waals surface area contributed by atoms with Crippen molar-refractivity contribution in [2.24, 2.45) is 11.3 Å². The molecule has 0 bridgehead atoms. The van der Waals surface area contributed by atoms with Crippen LogP contribution in [0.25, 0.3) is 0 Å². The minimum absolute atomic E-state index is 0.111. The summed E-state index contributed by atoms with van der Waals surface area (Å²) in [5, 5.41) is 0. The van der Waals surface area contributed by atoms with Gasteiger partial charge in [-0.25, -0.2) is 0 Å². The molecule has 0 spiro atoms. The molecule has 0 unspecified atom stereocenters. The van der Waals surface area contributed by atoms with Crippen molar-refractivity contribution in [1.82, 2.24) is 0 Å². The van der Waals surface area contributed by atoms with E-state index in [9.17, 15) is 9.59 Å². The maximum Gasteiger partial charge on any atom is 0.139 e. The Morgan fingerprint density at radius 3 is 2.53 bits per heavy atom. The molecule has 0 aromatic heterocycles. The third-order valence-corrected chi connectivity index (χ3v) is 3.49. The summed E-state index contributed by atoms with van der Waals surface area (Å²) in [5.74, 6) is 0.675. The molecule has 2 heteroatoms. The van der Waals surface area contributed by atoms with Crippen molar-refractivity contribution in [2.45, 2.75) is 46.5 Å². The van der Waals surface area contributed by atoms with Gasteiger partial charge in [-0.05, 0) is 32.6 Å². The number of Topliss-reactive ketones (excluding diaryl/α,β-unsaturated/α-hetero) is 2. The first-order chi connectivity index (χ1) is 6.85. The molecule has 1 fully saturated rings. The number of carbonyl (C=O) groups excluding carboxylic acids is 2. The normalized spacial score (nSPS) is 31.4. The van der Waals surface area contributed by atoms with Gasteiger partial charge in [-0.1, -0.05) is 19.1 Å². The minimum Gasteiger partial charge on any atom is -0.300 e. The summed E-state index contributed by atoms with van der Waals surface area (Å²) in [4.78, 5) is 23.1. The molecule has 0 heterocycles. The number of allylic oxidation sites excluding steroid dienone is 1. The van der Waals surface area contributed by atoms with E-state index in [0.717, 1.165) is 18.4 Å². The molecule has 2 atom stereocenters. The fourth-order valence-corrected chi connectivity index (χ4v) is 2.36. The zero-order valence-electron chi connectivity index (χ0n) is 9.93.